The monoisotopic (exact) mass is 238 g/mol. The van der Waals surface area contributed by atoms with Crippen LogP contribution in [0.4, 0.5) is 5.82 Å². The van der Waals surface area contributed by atoms with Crippen molar-refractivity contribution < 1.29 is 9.32 Å². The minimum absolute atomic E-state index is 0.0220. The molecule has 1 rings (SSSR count). The first-order valence-electron chi connectivity index (χ1n) is 6.45. The summed E-state index contributed by atoms with van der Waals surface area (Å²) in [5.41, 5.74) is 0. The molecule has 0 aromatic carbocycles. The van der Waals surface area contributed by atoms with E-state index >= 15 is 0 Å². The number of unbranched alkanes of at least 4 members (excludes halogenated alkanes) is 5. The number of carbonyl (C=O) groups is 1. The van der Waals surface area contributed by atoms with Gasteiger partial charge in [0.05, 0.1) is 0 Å². The fraction of sp³-hybridized carbons (Fsp3) is 0.692. The molecular weight excluding hydrogens is 216 g/mol. The first kappa shape index (κ1) is 13.7. The van der Waals surface area contributed by atoms with Gasteiger partial charge in [-0.2, -0.15) is 0 Å². The first-order chi connectivity index (χ1) is 8.22. The third-order valence-corrected chi connectivity index (χ3v) is 2.65. The Labute approximate surface area is 103 Å². The zero-order chi connectivity index (χ0) is 12.5. The van der Waals surface area contributed by atoms with Crippen molar-refractivity contribution in [1.29, 1.82) is 0 Å². The molecule has 4 heteroatoms. The number of nitrogens with one attached hydrogen (secondary N) is 1. The summed E-state index contributed by atoms with van der Waals surface area (Å²) in [7, 11) is 0. The lowest BCUT2D eigenvalue weighted by Crippen LogP contribution is -2.11. The summed E-state index contributed by atoms with van der Waals surface area (Å²) >= 11 is 0. The number of carbonyl (C=O) groups excluding carboxylic acids is 1. The van der Waals surface area contributed by atoms with Gasteiger partial charge in [-0.1, -0.05) is 44.2 Å². The number of aryl methyl sites for hydroxylation is 1. The molecule has 0 bridgehead atoms. The van der Waals surface area contributed by atoms with Gasteiger partial charge in [0.2, 0.25) is 5.91 Å². The molecule has 4 nitrogen and oxygen atoms in total. The Morgan fingerprint density at radius 1 is 1.29 bits per heavy atom. The SMILES string of the molecule is CCCCCCCCC(=O)Nc1cc(C)on1. The van der Waals surface area contributed by atoms with Crippen molar-refractivity contribution in [3.8, 4) is 0 Å². The van der Waals surface area contributed by atoms with Crippen LogP contribution in [0.1, 0.15) is 57.6 Å². The van der Waals surface area contributed by atoms with E-state index in [4.69, 9.17) is 4.52 Å². The van der Waals surface area contributed by atoms with Crippen LogP contribution in [0.25, 0.3) is 0 Å². The van der Waals surface area contributed by atoms with Crippen LogP contribution in [0, 0.1) is 6.92 Å². The van der Waals surface area contributed by atoms with Gasteiger partial charge in [-0.3, -0.25) is 4.79 Å². The standard InChI is InChI=1S/C13H22N2O2/c1-3-4-5-6-7-8-9-13(16)14-12-10-11(2)17-15-12/h10H,3-9H2,1-2H3,(H,14,15,16). The second-order valence-electron chi connectivity index (χ2n) is 4.39. The topological polar surface area (TPSA) is 55.1 Å². The average Bonchev–Trinajstić information content (AvgIpc) is 2.69. The minimum atomic E-state index is 0.0220. The quantitative estimate of drug-likeness (QED) is 0.703. The summed E-state index contributed by atoms with van der Waals surface area (Å²) in [6.07, 6.45) is 7.71. The summed E-state index contributed by atoms with van der Waals surface area (Å²) in [4.78, 5) is 11.5. The zero-order valence-corrected chi connectivity index (χ0v) is 10.8. The summed E-state index contributed by atoms with van der Waals surface area (Å²) in [5, 5.41) is 6.44. The van der Waals surface area contributed by atoms with E-state index in [1.807, 2.05) is 0 Å². The summed E-state index contributed by atoms with van der Waals surface area (Å²) < 4.78 is 4.87. The van der Waals surface area contributed by atoms with Gasteiger partial charge in [-0.05, 0) is 13.3 Å². The van der Waals surface area contributed by atoms with Crippen molar-refractivity contribution in [2.75, 3.05) is 5.32 Å². The van der Waals surface area contributed by atoms with Gasteiger partial charge < -0.3 is 9.84 Å². The molecule has 1 aromatic heterocycles. The van der Waals surface area contributed by atoms with Gasteiger partial charge in [0.1, 0.15) is 5.76 Å². The van der Waals surface area contributed by atoms with E-state index in [9.17, 15) is 4.79 Å². The smallest absolute Gasteiger partial charge is 0.225 e. The molecule has 1 aromatic rings. The number of hydrogen-bond donors (Lipinski definition) is 1. The van der Waals surface area contributed by atoms with E-state index in [1.165, 1.54) is 25.7 Å². The van der Waals surface area contributed by atoms with Gasteiger partial charge in [0.15, 0.2) is 5.82 Å². The molecule has 0 radical (unpaired) electrons. The third-order valence-electron chi connectivity index (χ3n) is 2.65. The minimum Gasteiger partial charge on any atom is -0.360 e. The fourth-order valence-electron chi connectivity index (χ4n) is 1.70. The Morgan fingerprint density at radius 2 is 2.00 bits per heavy atom. The number of amides is 1. The van der Waals surface area contributed by atoms with E-state index < -0.39 is 0 Å². The van der Waals surface area contributed by atoms with E-state index in [1.54, 1.807) is 13.0 Å². The molecule has 0 aliphatic carbocycles. The van der Waals surface area contributed by atoms with E-state index in [2.05, 4.69) is 17.4 Å². The van der Waals surface area contributed by atoms with Crippen molar-refractivity contribution in [1.82, 2.24) is 5.16 Å². The van der Waals surface area contributed by atoms with Crippen LogP contribution >= 0.6 is 0 Å². The third kappa shape index (κ3) is 6.09. The maximum Gasteiger partial charge on any atom is 0.225 e. The molecule has 1 amide bonds. The Balaban J connectivity index is 2.05. The van der Waals surface area contributed by atoms with E-state index in [0.29, 0.717) is 18.0 Å². The number of nitrogens with zero attached hydrogens (tertiary/aromatic N) is 1. The van der Waals surface area contributed by atoms with Gasteiger partial charge in [-0.15, -0.1) is 0 Å². The number of anilines is 1. The maximum atomic E-state index is 11.5. The fourth-order valence-corrected chi connectivity index (χ4v) is 1.70. The second-order valence-corrected chi connectivity index (χ2v) is 4.39. The highest BCUT2D eigenvalue weighted by atomic mass is 16.5. The van der Waals surface area contributed by atoms with Crippen LogP contribution in [0.2, 0.25) is 0 Å². The molecule has 0 fully saturated rings. The molecule has 0 spiro atoms. The van der Waals surface area contributed by atoms with Crippen LogP contribution in [0.15, 0.2) is 10.6 Å². The van der Waals surface area contributed by atoms with Gasteiger partial charge >= 0.3 is 0 Å². The van der Waals surface area contributed by atoms with Crippen molar-refractivity contribution in [3.63, 3.8) is 0 Å². The highest BCUT2D eigenvalue weighted by Gasteiger charge is 2.05. The van der Waals surface area contributed by atoms with Crippen LogP contribution in [-0.2, 0) is 4.79 Å². The van der Waals surface area contributed by atoms with Crippen LogP contribution in [0.5, 0.6) is 0 Å². The van der Waals surface area contributed by atoms with E-state index in [-0.39, 0.29) is 5.91 Å². The predicted molar refractivity (Wildman–Crippen MR) is 67.9 cm³/mol. The molecule has 0 aliphatic heterocycles. The first-order valence-corrected chi connectivity index (χ1v) is 6.45. The number of aromatic nitrogens is 1. The highest BCUT2D eigenvalue weighted by Crippen LogP contribution is 2.10. The number of hydrogen-bond acceptors (Lipinski definition) is 3. The Hall–Kier alpha value is -1.32. The van der Waals surface area contributed by atoms with Crippen molar-refractivity contribution >= 4 is 11.7 Å². The Morgan fingerprint density at radius 3 is 2.65 bits per heavy atom. The normalized spacial score (nSPS) is 10.5. The lowest BCUT2D eigenvalue weighted by molar-refractivity contribution is -0.116. The summed E-state index contributed by atoms with van der Waals surface area (Å²) in [6.45, 7) is 4.00. The van der Waals surface area contributed by atoms with Gasteiger partial charge in [0, 0.05) is 12.5 Å². The molecule has 96 valence electrons. The molecule has 1 N–H and O–H groups in total. The summed E-state index contributed by atoms with van der Waals surface area (Å²) in [5.74, 6) is 1.24. The number of rotatable bonds is 8. The molecule has 17 heavy (non-hydrogen) atoms. The molecule has 0 atom stereocenters. The average molecular weight is 238 g/mol. The van der Waals surface area contributed by atoms with Gasteiger partial charge in [0.25, 0.3) is 0 Å². The van der Waals surface area contributed by atoms with Crippen LogP contribution in [-0.4, -0.2) is 11.1 Å². The molecular formula is C13H22N2O2. The molecule has 0 saturated carbocycles. The second kappa shape index (κ2) is 7.87. The van der Waals surface area contributed by atoms with Crippen molar-refractivity contribution in [2.24, 2.45) is 0 Å². The van der Waals surface area contributed by atoms with E-state index in [0.717, 1.165) is 12.8 Å². The summed E-state index contributed by atoms with van der Waals surface area (Å²) in [6, 6.07) is 1.72. The Kier molecular flexibility index (Phi) is 6.37. The van der Waals surface area contributed by atoms with Crippen LogP contribution in [0.3, 0.4) is 0 Å². The lowest BCUT2D eigenvalue weighted by atomic mass is 10.1. The van der Waals surface area contributed by atoms with Crippen molar-refractivity contribution in [3.05, 3.63) is 11.8 Å². The lowest BCUT2D eigenvalue weighted by Gasteiger charge is -2.01. The molecule has 0 saturated heterocycles. The largest absolute Gasteiger partial charge is 0.360 e. The maximum absolute atomic E-state index is 11.5. The highest BCUT2D eigenvalue weighted by molar-refractivity contribution is 5.89. The molecule has 0 aliphatic rings. The Bertz CT molecular complexity index is 334. The molecule has 1 heterocycles. The van der Waals surface area contributed by atoms with Crippen molar-refractivity contribution in [2.45, 2.75) is 58.8 Å². The van der Waals surface area contributed by atoms with Crippen LogP contribution < -0.4 is 5.32 Å². The predicted octanol–water partition coefficient (Wildman–Crippen LogP) is 3.67. The zero-order valence-electron chi connectivity index (χ0n) is 10.8. The van der Waals surface area contributed by atoms with Gasteiger partial charge in [-0.25, -0.2) is 0 Å². The molecule has 0 unspecified atom stereocenters.